The predicted molar refractivity (Wildman–Crippen MR) is 116 cm³/mol. The SMILES string of the molecule is CCC(C)C(=O)O[C@H]1C(=O)O[C@H]2CC3C(C)=CC(=O)[C@@H](O)[C@]3(C)C3[C@@H](O)[C@H](O)[C@@]4(C)OC[C@]32C14. The number of carbonyl (C=O) groups is 3. The van der Waals surface area contributed by atoms with Gasteiger partial charge in [-0.2, -0.15) is 0 Å². The van der Waals surface area contributed by atoms with E-state index < -0.39 is 82.4 Å². The van der Waals surface area contributed by atoms with Crippen molar-refractivity contribution in [1.82, 2.24) is 0 Å². The van der Waals surface area contributed by atoms with Crippen LogP contribution in [0, 0.1) is 34.5 Å². The Hall–Kier alpha value is -1.81. The maximum absolute atomic E-state index is 13.3. The molecule has 3 N–H and O–H groups in total. The highest BCUT2D eigenvalue weighted by Crippen LogP contribution is 2.72. The summed E-state index contributed by atoms with van der Waals surface area (Å²) in [6, 6.07) is 0. The van der Waals surface area contributed by atoms with Crippen molar-refractivity contribution in [3.8, 4) is 0 Å². The van der Waals surface area contributed by atoms with Gasteiger partial charge in [0.15, 0.2) is 5.78 Å². The molecular formula is C25H34O9. The number of carbonyl (C=O) groups excluding carboxylic acids is 3. The van der Waals surface area contributed by atoms with Crippen molar-refractivity contribution in [3.63, 3.8) is 0 Å². The molecule has 5 rings (SSSR count). The van der Waals surface area contributed by atoms with E-state index in [4.69, 9.17) is 14.2 Å². The van der Waals surface area contributed by atoms with Crippen molar-refractivity contribution in [2.45, 2.75) is 83.6 Å². The summed E-state index contributed by atoms with van der Waals surface area (Å²) in [6.45, 7) is 8.76. The van der Waals surface area contributed by atoms with Crippen LogP contribution >= 0.6 is 0 Å². The molecule has 0 aromatic carbocycles. The van der Waals surface area contributed by atoms with Crippen molar-refractivity contribution >= 4 is 17.7 Å². The lowest BCUT2D eigenvalue weighted by atomic mass is 9.38. The zero-order valence-electron chi connectivity index (χ0n) is 20.2. The molecule has 4 fully saturated rings. The molecule has 2 saturated heterocycles. The number of fused-ring (bicyclic) bond motifs is 2. The molecule has 9 heteroatoms. The number of rotatable bonds is 3. The fraction of sp³-hybridized carbons (Fsp3) is 0.800. The van der Waals surface area contributed by atoms with E-state index in [1.165, 1.54) is 6.08 Å². The molecule has 5 aliphatic rings. The maximum Gasteiger partial charge on any atom is 0.348 e. The van der Waals surface area contributed by atoms with E-state index in [2.05, 4.69) is 0 Å². The highest BCUT2D eigenvalue weighted by Gasteiger charge is 2.82. The summed E-state index contributed by atoms with van der Waals surface area (Å²) in [4.78, 5) is 38.8. The minimum Gasteiger partial charge on any atom is -0.459 e. The number of aliphatic hydroxyl groups is 3. The molecule has 2 heterocycles. The van der Waals surface area contributed by atoms with E-state index in [1.807, 2.05) is 6.92 Å². The Bertz CT molecular complexity index is 975. The predicted octanol–water partition coefficient (Wildman–Crippen LogP) is 0.529. The number of esters is 2. The van der Waals surface area contributed by atoms with E-state index >= 15 is 0 Å². The van der Waals surface area contributed by atoms with Crippen LogP contribution in [0.25, 0.3) is 0 Å². The Labute approximate surface area is 198 Å². The van der Waals surface area contributed by atoms with E-state index in [0.717, 1.165) is 5.57 Å². The zero-order chi connectivity index (χ0) is 25.0. The summed E-state index contributed by atoms with van der Waals surface area (Å²) in [6.07, 6.45) is -3.95. The smallest absolute Gasteiger partial charge is 0.348 e. The highest BCUT2D eigenvalue weighted by atomic mass is 16.6. The molecule has 1 spiro atoms. The average Bonchev–Trinajstić information content (AvgIpc) is 3.06. The lowest BCUT2D eigenvalue weighted by Gasteiger charge is -2.68. The van der Waals surface area contributed by atoms with Crippen molar-refractivity contribution in [3.05, 3.63) is 11.6 Å². The molecular weight excluding hydrogens is 444 g/mol. The van der Waals surface area contributed by atoms with Gasteiger partial charge in [0.1, 0.15) is 23.9 Å². The second-order valence-corrected chi connectivity index (χ2v) is 11.4. The highest BCUT2D eigenvalue weighted by molar-refractivity contribution is 5.96. The fourth-order valence-corrected chi connectivity index (χ4v) is 8.09. The van der Waals surface area contributed by atoms with Gasteiger partial charge in [-0.05, 0) is 38.7 Å². The Balaban J connectivity index is 1.69. The molecule has 0 aromatic heterocycles. The molecule has 0 radical (unpaired) electrons. The Morgan fingerprint density at radius 2 is 1.91 bits per heavy atom. The van der Waals surface area contributed by atoms with Crippen LogP contribution in [-0.2, 0) is 28.6 Å². The fourth-order valence-electron chi connectivity index (χ4n) is 8.09. The van der Waals surface area contributed by atoms with E-state index in [0.29, 0.717) is 12.8 Å². The lowest BCUT2D eigenvalue weighted by Crippen LogP contribution is -2.78. The van der Waals surface area contributed by atoms with E-state index in [-0.39, 0.29) is 12.5 Å². The minimum atomic E-state index is -1.43. The average molecular weight is 479 g/mol. The number of ether oxygens (including phenoxy) is 3. The third-order valence-electron chi connectivity index (χ3n) is 9.96. The Kier molecular flexibility index (Phi) is 5.17. The lowest BCUT2D eigenvalue weighted by molar-refractivity contribution is -0.297. The van der Waals surface area contributed by atoms with Gasteiger partial charge in [0.25, 0.3) is 0 Å². The van der Waals surface area contributed by atoms with Gasteiger partial charge in [0, 0.05) is 16.7 Å². The summed E-state index contributed by atoms with van der Waals surface area (Å²) in [7, 11) is 0. The Morgan fingerprint density at radius 3 is 2.56 bits per heavy atom. The van der Waals surface area contributed by atoms with Crippen LogP contribution in [0.5, 0.6) is 0 Å². The summed E-state index contributed by atoms with van der Waals surface area (Å²) < 4.78 is 17.8. The monoisotopic (exact) mass is 478 g/mol. The Morgan fingerprint density at radius 1 is 1.24 bits per heavy atom. The molecule has 188 valence electrons. The van der Waals surface area contributed by atoms with Gasteiger partial charge >= 0.3 is 11.9 Å². The van der Waals surface area contributed by atoms with Crippen molar-refractivity contribution in [1.29, 1.82) is 0 Å². The van der Waals surface area contributed by atoms with Crippen molar-refractivity contribution in [2.24, 2.45) is 34.5 Å². The molecule has 0 aromatic rings. The van der Waals surface area contributed by atoms with Gasteiger partial charge in [-0.3, -0.25) is 9.59 Å². The maximum atomic E-state index is 13.3. The summed E-state index contributed by atoms with van der Waals surface area (Å²) in [5.74, 6) is -4.16. The number of aliphatic hydroxyl groups excluding tert-OH is 3. The minimum absolute atomic E-state index is 0.0360. The molecule has 2 bridgehead atoms. The topological polar surface area (TPSA) is 140 Å². The molecule has 4 unspecified atom stereocenters. The first-order valence-corrected chi connectivity index (χ1v) is 12.2. The molecule has 9 nitrogen and oxygen atoms in total. The van der Waals surface area contributed by atoms with E-state index in [1.54, 1.807) is 27.7 Å². The number of hydrogen-bond acceptors (Lipinski definition) is 9. The summed E-state index contributed by atoms with van der Waals surface area (Å²) in [5, 5.41) is 34.0. The molecule has 34 heavy (non-hydrogen) atoms. The quantitative estimate of drug-likeness (QED) is 0.496. The van der Waals surface area contributed by atoms with Crippen LogP contribution < -0.4 is 0 Å². The first kappa shape index (κ1) is 23.9. The molecule has 2 aliphatic heterocycles. The van der Waals surface area contributed by atoms with Crippen LogP contribution in [-0.4, -0.2) is 75.8 Å². The van der Waals surface area contributed by atoms with Crippen molar-refractivity contribution in [2.75, 3.05) is 6.61 Å². The van der Waals surface area contributed by atoms with Gasteiger partial charge in [0.2, 0.25) is 6.10 Å². The first-order chi connectivity index (χ1) is 15.8. The number of allylic oxidation sites excluding steroid dienone is 1. The number of ketones is 1. The third-order valence-corrected chi connectivity index (χ3v) is 9.96. The van der Waals surface area contributed by atoms with Crippen LogP contribution in [0.15, 0.2) is 11.6 Å². The van der Waals surface area contributed by atoms with Gasteiger partial charge in [-0.25, -0.2) is 4.79 Å². The van der Waals surface area contributed by atoms with Crippen LogP contribution in [0.4, 0.5) is 0 Å². The third kappa shape index (κ3) is 2.61. The van der Waals surface area contributed by atoms with Crippen LogP contribution in [0.3, 0.4) is 0 Å². The molecule has 2 saturated carbocycles. The second kappa shape index (κ2) is 7.35. The zero-order valence-corrected chi connectivity index (χ0v) is 20.2. The molecule has 12 atom stereocenters. The molecule has 3 aliphatic carbocycles. The van der Waals surface area contributed by atoms with Gasteiger partial charge in [0.05, 0.1) is 24.5 Å². The standard InChI is InChI=1S/C25H34O9/c1-6-10(2)21(30)34-16-18-24(5)20(29)15(27)17-23(4)12(11(3)7-13(26)19(23)28)8-14(33-22(16)31)25(17,18)9-32-24/h7,10,12,14-20,27-29H,6,8-9H2,1-5H3/t10?,12?,14-,15+,16+,17?,18?,19+,20-,23-,24-,25+/m0/s1. The molecule has 0 amide bonds. The summed E-state index contributed by atoms with van der Waals surface area (Å²) in [5.41, 5.74) is -2.84. The van der Waals surface area contributed by atoms with Crippen LogP contribution in [0.1, 0.15) is 47.5 Å². The number of hydrogen-bond donors (Lipinski definition) is 3. The van der Waals surface area contributed by atoms with Gasteiger partial charge in [-0.15, -0.1) is 0 Å². The normalized spacial score (nSPS) is 52.2. The van der Waals surface area contributed by atoms with Crippen LogP contribution in [0.2, 0.25) is 0 Å². The summed E-state index contributed by atoms with van der Waals surface area (Å²) >= 11 is 0. The van der Waals surface area contributed by atoms with Gasteiger partial charge in [-0.1, -0.05) is 26.3 Å². The first-order valence-electron chi connectivity index (χ1n) is 12.2. The largest absolute Gasteiger partial charge is 0.459 e. The van der Waals surface area contributed by atoms with Gasteiger partial charge < -0.3 is 29.5 Å². The van der Waals surface area contributed by atoms with E-state index in [9.17, 15) is 29.7 Å². The second-order valence-electron chi connectivity index (χ2n) is 11.4. The van der Waals surface area contributed by atoms with Crippen molar-refractivity contribution < 1.29 is 43.9 Å².